The molecule has 2 heterocycles. The highest BCUT2D eigenvalue weighted by molar-refractivity contribution is 5.96. The van der Waals surface area contributed by atoms with Gasteiger partial charge < -0.3 is 14.2 Å². The number of carbonyl (C=O) groups is 1. The van der Waals surface area contributed by atoms with Crippen LogP contribution < -0.4 is 4.74 Å². The maximum atomic E-state index is 12.6. The predicted octanol–water partition coefficient (Wildman–Crippen LogP) is 3.07. The van der Waals surface area contributed by atoms with Crippen LogP contribution in [0.25, 0.3) is 0 Å². The lowest BCUT2D eigenvalue weighted by Gasteiger charge is -2.39. The van der Waals surface area contributed by atoms with Gasteiger partial charge in [0.1, 0.15) is 23.2 Å². The van der Waals surface area contributed by atoms with Crippen LogP contribution >= 0.6 is 0 Å². The fourth-order valence-electron chi connectivity index (χ4n) is 2.92. The number of para-hydroxylation sites is 1. The van der Waals surface area contributed by atoms with Gasteiger partial charge in [0, 0.05) is 0 Å². The second-order valence-electron chi connectivity index (χ2n) is 6.08. The molecule has 1 saturated heterocycles. The van der Waals surface area contributed by atoms with Gasteiger partial charge >= 0.3 is 0 Å². The van der Waals surface area contributed by atoms with E-state index in [1.807, 2.05) is 39.0 Å². The van der Waals surface area contributed by atoms with Crippen LogP contribution in [0.5, 0.6) is 5.75 Å². The number of likely N-dealkylation sites (tertiary alicyclic amines) is 1. The number of hydrogen-bond donors (Lipinski definition) is 0. The van der Waals surface area contributed by atoms with E-state index in [9.17, 15) is 4.79 Å². The molecule has 0 N–H and O–H groups in total. The van der Waals surface area contributed by atoms with E-state index in [2.05, 4.69) is 5.16 Å². The molecule has 0 radical (unpaired) electrons. The lowest BCUT2D eigenvalue weighted by Crippen LogP contribution is -2.56. The normalized spacial score (nSPS) is 14.7. The van der Waals surface area contributed by atoms with E-state index in [-0.39, 0.29) is 12.0 Å². The Hall–Kier alpha value is -2.30. The second-order valence-corrected chi connectivity index (χ2v) is 6.08. The molecule has 1 aromatic heterocycles. The molecule has 2 aromatic rings. The van der Waals surface area contributed by atoms with Crippen molar-refractivity contribution in [1.82, 2.24) is 10.1 Å². The Labute approximate surface area is 136 Å². The van der Waals surface area contributed by atoms with Crippen LogP contribution in [0.15, 0.2) is 22.7 Å². The van der Waals surface area contributed by atoms with Gasteiger partial charge in [0.05, 0.1) is 18.8 Å². The first kappa shape index (κ1) is 15.6. The molecule has 0 aliphatic carbocycles. The minimum absolute atomic E-state index is 0.0121. The first-order valence-corrected chi connectivity index (χ1v) is 7.98. The third kappa shape index (κ3) is 2.83. The Morgan fingerprint density at radius 1 is 1.30 bits per heavy atom. The third-order valence-electron chi connectivity index (χ3n) is 4.31. The van der Waals surface area contributed by atoms with E-state index < -0.39 is 0 Å². The summed E-state index contributed by atoms with van der Waals surface area (Å²) in [6.45, 7) is 9.03. The molecule has 23 heavy (non-hydrogen) atoms. The number of carbonyl (C=O) groups excluding carboxylic acids is 1. The van der Waals surface area contributed by atoms with Crippen molar-refractivity contribution >= 4 is 5.91 Å². The summed E-state index contributed by atoms with van der Waals surface area (Å²) >= 11 is 0. The molecule has 1 fully saturated rings. The Morgan fingerprint density at radius 3 is 2.57 bits per heavy atom. The summed E-state index contributed by atoms with van der Waals surface area (Å²) in [5.41, 5.74) is 3.58. The van der Waals surface area contributed by atoms with E-state index in [1.165, 1.54) is 0 Å². The number of aryl methyl sites for hydroxylation is 4. The molecule has 122 valence electrons. The van der Waals surface area contributed by atoms with Gasteiger partial charge in [-0.3, -0.25) is 4.79 Å². The van der Waals surface area contributed by atoms with Crippen molar-refractivity contribution in [2.75, 3.05) is 13.1 Å². The third-order valence-corrected chi connectivity index (χ3v) is 4.31. The van der Waals surface area contributed by atoms with E-state index in [0.29, 0.717) is 30.8 Å². The number of ether oxygens (including phenoxy) is 1. The predicted molar refractivity (Wildman–Crippen MR) is 86.9 cm³/mol. The van der Waals surface area contributed by atoms with Gasteiger partial charge in [0.2, 0.25) is 0 Å². The van der Waals surface area contributed by atoms with E-state index in [1.54, 1.807) is 11.8 Å². The molecule has 0 atom stereocenters. The topological polar surface area (TPSA) is 55.6 Å². The highest BCUT2D eigenvalue weighted by Gasteiger charge is 2.35. The van der Waals surface area contributed by atoms with E-state index >= 15 is 0 Å². The monoisotopic (exact) mass is 314 g/mol. The lowest BCUT2D eigenvalue weighted by molar-refractivity contribution is 0.0171. The van der Waals surface area contributed by atoms with Crippen molar-refractivity contribution in [3.05, 3.63) is 46.3 Å². The molecule has 5 heteroatoms. The number of amides is 1. The fraction of sp³-hybridized carbons (Fsp3) is 0.444. The van der Waals surface area contributed by atoms with Crippen LogP contribution in [0.4, 0.5) is 0 Å². The summed E-state index contributed by atoms with van der Waals surface area (Å²) in [4.78, 5) is 14.4. The average molecular weight is 314 g/mol. The Kier molecular flexibility index (Phi) is 4.11. The fourth-order valence-corrected chi connectivity index (χ4v) is 2.92. The number of nitrogens with zero attached hydrogens (tertiary/aromatic N) is 2. The van der Waals surface area contributed by atoms with Gasteiger partial charge in [-0.15, -0.1) is 0 Å². The maximum Gasteiger partial charge on any atom is 0.259 e. The largest absolute Gasteiger partial charge is 0.486 e. The summed E-state index contributed by atoms with van der Waals surface area (Å²) in [5.74, 6) is 1.51. The van der Waals surface area contributed by atoms with Crippen LogP contribution in [0.1, 0.15) is 39.9 Å². The molecule has 0 bridgehead atoms. The van der Waals surface area contributed by atoms with Gasteiger partial charge in [0.15, 0.2) is 0 Å². The second kappa shape index (κ2) is 6.07. The summed E-state index contributed by atoms with van der Waals surface area (Å²) in [7, 11) is 0. The number of aromatic nitrogens is 1. The van der Waals surface area contributed by atoms with Crippen molar-refractivity contribution in [1.29, 1.82) is 0 Å². The number of benzene rings is 1. The molecule has 5 nitrogen and oxygen atoms in total. The molecule has 0 spiro atoms. The maximum absolute atomic E-state index is 12.6. The quantitative estimate of drug-likeness (QED) is 0.870. The standard InChI is InChI=1S/C18H22N2O3/c1-5-15-16(13(4)23-19-15)18(21)20-9-14(10-20)22-17-11(2)7-6-8-12(17)3/h6-8,14H,5,9-10H2,1-4H3. The summed E-state index contributed by atoms with van der Waals surface area (Å²) in [6.07, 6.45) is 0.734. The summed E-state index contributed by atoms with van der Waals surface area (Å²) < 4.78 is 11.2. The Bertz CT molecular complexity index is 710. The molecule has 3 rings (SSSR count). The van der Waals surface area contributed by atoms with Crippen LogP contribution in [-0.2, 0) is 6.42 Å². The summed E-state index contributed by atoms with van der Waals surface area (Å²) in [5, 5.41) is 3.95. The molecule has 1 aromatic carbocycles. The molecule has 1 aliphatic heterocycles. The zero-order chi connectivity index (χ0) is 16.6. The first-order valence-electron chi connectivity index (χ1n) is 7.98. The van der Waals surface area contributed by atoms with Gasteiger partial charge in [0.25, 0.3) is 5.91 Å². The highest BCUT2D eigenvalue weighted by atomic mass is 16.5. The minimum Gasteiger partial charge on any atom is -0.486 e. The van der Waals surface area contributed by atoms with Crippen LogP contribution in [0, 0.1) is 20.8 Å². The van der Waals surface area contributed by atoms with E-state index in [0.717, 1.165) is 22.6 Å². The van der Waals surface area contributed by atoms with Crippen LogP contribution in [-0.4, -0.2) is 35.2 Å². The van der Waals surface area contributed by atoms with Crippen molar-refractivity contribution in [2.24, 2.45) is 0 Å². The molecule has 1 amide bonds. The Morgan fingerprint density at radius 2 is 1.96 bits per heavy atom. The van der Waals surface area contributed by atoms with Crippen molar-refractivity contribution in [3.63, 3.8) is 0 Å². The smallest absolute Gasteiger partial charge is 0.259 e. The molecule has 0 unspecified atom stereocenters. The molecular weight excluding hydrogens is 292 g/mol. The Balaban J connectivity index is 1.65. The molecule has 1 aliphatic rings. The van der Waals surface area contributed by atoms with Gasteiger partial charge in [-0.25, -0.2) is 0 Å². The summed E-state index contributed by atoms with van der Waals surface area (Å²) in [6, 6.07) is 6.10. The van der Waals surface area contributed by atoms with E-state index in [4.69, 9.17) is 9.26 Å². The lowest BCUT2D eigenvalue weighted by atomic mass is 10.1. The van der Waals surface area contributed by atoms with Crippen molar-refractivity contribution < 1.29 is 14.1 Å². The van der Waals surface area contributed by atoms with Gasteiger partial charge in [-0.1, -0.05) is 30.3 Å². The zero-order valence-corrected chi connectivity index (χ0v) is 14.0. The van der Waals surface area contributed by atoms with Crippen molar-refractivity contribution in [2.45, 2.75) is 40.2 Å². The number of hydrogen-bond acceptors (Lipinski definition) is 4. The zero-order valence-electron chi connectivity index (χ0n) is 14.0. The minimum atomic E-state index is -0.0121. The molecule has 0 saturated carbocycles. The SMILES string of the molecule is CCc1noc(C)c1C(=O)N1CC(Oc2c(C)cccc2C)C1. The average Bonchev–Trinajstić information content (AvgIpc) is 2.85. The highest BCUT2D eigenvalue weighted by Crippen LogP contribution is 2.27. The van der Waals surface area contributed by atoms with Gasteiger partial charge in [-0.05, 0) is 38.3 Å². The van der Waals surface area contributed by atoms with Crippen molar-refractivity contribution in [3.8, 4) is 5.75 Å². The molecular formula is C18H22N2O3. The van der Waals surface area contributed by atoms with Crippen LogP contribution in [0.2, 0.25) is 0 Å². The number of rotatable bonds is 4. The first-order chi connectivity index (χ1) is 11.0. The van der Waals surface area contributed by atoms with Gasteiger partial charge in [-0.2, -0.15) is 0 Å². The van der Waals surface area contributed by atoms with Crippen LogP contribution in [0.3, 0.4) is 0 Å².